The standard InChI is InChI=1S/C21H24N4O3/c1-4-28-21(27)15-9-11-16(12-10-15)22-20(26)14-25-18-8-6-5-7-17(18)23-19(25)13-24(2)3/h5-12H,4,13-14H2,1-3H3,(H,22,26). The first kappa shape index (κ1) is 19.6. The van der Waals surface area contributed by atoms with Gasteiger partial charge in [-0.1, -0.05) is 12.1 Å². The van der Waals surface area contributed by atoms with E-state index in [2.05, 4.69) is 10.3 Å². The summed E-state index contributed by atoms with van der Waals surface area (Å²) in [4.78, 5) is 31.0. The average Bonchev–Trinajstić information content (AvgIpc) is 2.99. The summed E-state index contributed by atoms with van der Waals surface area (Å²) in [5.74, 6) is 0.296. The number of carbonyl (C=O) groups excluding carboxylic acids is 2. The molecule has 0 bridgehead atoms. The van der Waals surface area contributed by atoms with Gasteiger partial charge in [-0.2, -0.15) is 0 Å². The highest BCUT2D eigenvalue weighted by Crippen LogP contribution is 2.17. The van der Waals surface area contributed by atoms with Gasteiger partial charge in [0.1, 0.15) is 12.4 Å². The van der Waals surface area contributed by atoms with E-state index in [0.29, 0.717) is 24.4 Å². The number of benzene rings is 2. The molecule has 0 fully saturated rings. The number of nitrogens with one attached hydrogen (secondary N) is 1. The molecule has 1 aromatic heterocycles. The maximum atomic E-state index is 12.6. The van der Waals surface area contributed by atoms with E-state index in [1.165, 1.54) is 0 Å². The Morgan fingerprint density at radius 2 is 1.82 bits per heavy atom. The molecule has 0 unspecified atom stereocenters. The predicted octanol–water partition coefficient (Wildman–Crippen LogP) is 2.91. The fraction of sp³-hybridized carbons (Fsp3) is 0.286. The minimum Gasteiger partial charge on any atom is -0.462 e. The zero-order valence-electron chi connectivity index (χ0n) is 16.3. The number of fused-ring (bicyclic) bond motifs is 1. The van der Waals surface area contributed by atoms with Crippen LogP contribution in [0.15, 0.2) is 48.5 Å². The SMILES string of the molecule is CCOC(=O)c1ccc(NC(=O)Cn2c(CN(C)C)nc3ccccc32)cc1. The van der Waals surface area contributed by atoms with Crippen molar-refractivity contribution in [1.29, 1.82) is 0 Å². The molecule has 1 amide bonds. The third kappa shape index (κ3) is 4.55. The number of aromatic nitrogens is 2. The van der Waals surface area contributed by atoms with Crippen LogP contribution in [0.25, 0.3) is 11.0 Å². The van der Waals surface area contributed by atoms with Crippen LogP contribution in [0, 0.1) is 0 Å². The van der Waals surface area contributed by atoms with Crippen molar-refractivity contribution in [1.82, 2.24) is 14.5 Å². The number of amides is 1. The van der Waals surface area contributed by atoms with Crippen molar-refractivity contribution in [2.75, 3.05) is 26.0 Å². The van der Waals surface area contributed by atoms with E-state index < -0.39 is 0 Å². The third-order valence-electron chi connectivity index (χ3n) is 4.17. The van der Waals surface area contributed by atoms with E-state index in [1.54, 1.807) is 31.2 Å². The molecule has 0 saturated heterocycles. The third-order valence-corrected chi connectivity index (χ3v) is 4.17. The molecule has 28 heavy (non-hydrogen) atoms. The van der Waals surface area contributed by atoms with E-state index in [4.69, 9.17) is 4.74 Å². The number of anilines is 1. The minimum absolute atomic E-state index is 0.156. The van der Waals surface area contributed by atoms with Gasteiger partial charge >= 0.3 is 5.97 Å². The van der Waals surface area contributed by atoms with E-state index in [0.717, 1.165) is 16.9 Å². The number of nitrogens with zero attached hydrogens (tertiary/aromatic N) is 3. The first-order valence-electron chi connectivity index (χ1n) is 9.14. The zero-order chi connectivity index (χ0) is 20.1. The number of hydrogen-bond acceptors (Lipinski definition) is 5. The van der Waals surface area contributed by atoms with Crippen molar-refractivity contribution in [2.45, 2.75) is 20.0 Å². The van der Waals surface area contributed by atoms with Gasteiger partial charge in [0, 0.05) is 5.69 Å². The van der Waals surface area contributed by atoms with Gasteiger partial charge in [0.15, 0.2) is 0 Å². The number of carbonyl (C=O) groups is 2. The molecule has 0 aliphatic heterocycles. The predicted molar refractivity (Wildman–Crippen MR) is 108 cm³/mol. The highest BCUT2D eigenvalue weighted by atomic mass is 16.5. The molecule has 0 radical (unpaired) electrons. The Morgan fingerprint density at radius 1 is 1.11 bits per heavy atom. The van der Waals surface area contributed by atoms with Crippen LogP contribution in [-0.2, 0) is 22.6 Å². The molecule has 1 heterocycles. The van der Waals surface area contributed by atoms with Crippen LogP contribution >= 0.6 is 0 Å². The number of imidazole rings is 1. The van der Waals surface area contributed by atoms with E-state index in [9.17, 15) is 9.59 Å². The molecule has 2 aromatic carbocycles. The summed E-state index contributed by atoms with van der Waals surface area (Å²) in [7, 11) is 3.93. The summed E-state index contributed by atoms with van der Waals surface area (Å²) in [6.45, 7) is 2.88. The molecule has 7 nitrogen and oxygen atoms in total. The van der Waals surface area contributed by atoms with Gasteiger partial charge in [-0.25, -0.2) is 9.78 Å². The Kier molecular flexibility index (Phi) is 6.06. The molecule has 0 aliphatic carbocycles. The second kappa shape index (κ2) is 8.67. The number of hydrogen-bond donors (Lipinski definition) is 1. The quantitative estimate of drug-likeness (QED) is 0.638. The molecule has 0 atom stereocenters. The van der Waals surface area contributed by atoms with Crippen molar-refractivity contribution in [3.63, 3.8) is 0 Å². The van der Waals surface area contributed by atoms with Crippen LogP contribution in [-0.4, -0.2) is 47.0 Å². The van der Waals surface area contributed by atoms with Crippen molar-refractivity contribution >= 4 is 28.6 Å². The lowest BCUT2D eigenvalue weighted by molar-refractivity contribution is -0.116. The van der Waals surface area contributed by atoms with Crippen molar-refractivity contribution < 1.29 is 14.3 Å². The van der Waals surface area contributed by atoms with E-state index >= 15 is 0 Å². The molecule has 146 valence electrons. The number of esters is 1. The summed E-state index contributed by atoms with van der Waals surface area (Å²) in [6, 6.07) is 14.4. The van der Waals surface area contributed by atoms with Crippen LogP contribution in [0.1, 0.15) is 23.1 Å². The summed E-state index contributed by atoms with van der Waals surface area (Å²) in [5.41, 5.74) is 2.86. The zero-order valence-corrected chi connectivity index (χ0v) is 16.3. The molecule has 3 rings (SSSR count). The molecule has 1 N–H and O–H groups in total. The Balaban J connectivity index is 1.75. The molecule has 0 saturated carbocycles. The molecular formula is C21H24N4O3. The van der Waals surface area contributed by atoms with Crippen LogP contribution in [0.5, 0.6) is 0 Å². The number of rotatable bonds is 7. The maximum absolute atomic E-state index is 12.6. The van der Waals surface area contributed by atoms with E-state index in [-0.39, 0.29) is 18.4 Å². The summed E-state index contributed by atoms with van der Waals surface area (Å²) < 4.78 is 6.89. The summed E-state index contributed by atoms with van der Waals surface area (Å²) in [5, 5.41) is 2.87. The van der Waals surface area contributed by atoms with Crippen LogP contribution in [0.3, 0.4) is 0 Å². The monoisotopic (exact) mass is 380 g/mol. The van der Waals surface area contributed by atoms with Gasteiger partial charge in [0.05, 0.1) is 29.7 Å². The Morgan fingerprint density at radius 3 is 2.50 bits per heavy atom. The van der Waals surface area contributed by atoms with Crippen LogP contribution in [0.4, 0.5) is 5.69 Å². The normalized spacial score (nSPS) is 11.0. The lowest BCUT2D eigenvalue weighted by Gasteiger charge is -2.13. The summed E-state index contributed by atoms with van der Waals surface area (Å²) >= 11 is 0. The highest BCUT2D eigenvalue weighted by Gasteiger charge is 2.14. The lowest BCUT2D eigenvalue weighted by atomic mass is 10.2. The average molecular weight is 380 g/mol. The second-order valence-electron chi connectivity index (χ2n) is 6.69. The largest absolute Gasteiger partial charge is 0.462 e. The molecule has 0 aliphatic rings. The Labute approximate surface area is 163 Å². The minimum atomic E-state index is -0.376. The first-order chi connectivity index (χ1) is 13.5. The van der Waals surface area contributed by atoms with Crippen LogP contribution in [0.2, 0.25) is 0 Å². The van der Waals surface area contributed by atoms with Crippen LogP contribution < -0.4 is 5.32 Å². The van der Waals surface area contributed by atoms with Crippen molar-refractivity contribution in [3.8, 4) is 0 Å². The first-order valence-corrected chi connectivity index (χ1v) is 9.14. The maximum Gasteiger partial charge on any atom is 0.338 e. The fourth-order valence-electron chi connectivity index (χ4n) is 2.95. The Bertz CT molecular complexity index is 977. The fourth-order valence-corrected chi connectivity index (χ4v) is 2.95. The molecule has 7 heteroatoms. The van der Waals surface area contributed by atoms with Gasteiger partial charge < -0.3 is 19.5 Å². The highest BCUT2D eigenvalue weighted by molar-refractivity contribution is 5.93. The molecule has 0 spiro atoms. The summed E-state index contributed by atoms with van der Waals surface area (Å²) in [6.07, 6.45) is 0. The van der Waals surface area contributed by atoms with Gasteiger partial charge in [-0.05, 0) is 57.4 Å². The van der Waals surface area contributed by atoms with Gasteiger partial charge in [-0.3, -0.25) is 4.79 Å². The van der Waals surface area contributed by atoms with Gasteiger partial charge in [-0.15, -0.1) is 0 Å². The molecule has 3 aromatic rings. The van der Waals surface area contributed by atoms with Crippen molar-refractivity contribution in [3.05, 3.63) is 59.9 Å². The van der Waals surface area contributed by atoms with Gasteiger partial charge in [0.25, 0.3) is 0 Å². The van der Waals surface area contributed by atoms with Crippen molar-refractivity contribution in [2.24, 2.45) is 0 Å². The van der Waals surface area contributed by atoms with E-state index in [1.807, 2.05) is 47.8 Å². The molecular weight excluding hydrogens is 356 g/mol. The lowest BCUT2D eigenvalue weighted by Crippen LogP contribution is -2.22. The Hall–Kier alpha value is -3.19. The number of para-hydroxylation sites is 2. The second-order valence-corrected chi connectivity index (χ2v) is 6.69. The number of ether oxygens (including phenoxy) is 1. The topological polar surface area (TPSA) is 76.5 Å². The van der Waals surface area contributed by atoms with Gasteiger partial charge in [0.2, 0.25) is 5.91 Å². The smallest absolute Gasteiger partial charge is 0.338 e.